The van der Waals surface area contributed by atoms with Crippen LogP contribution in [0.3, 0.4) is 0 Å². The van der Waals surface area contributed by atoms with E-state index in [9.17, 15) is 0 Å². The Hall–Kier alpha value is 0.280. The lowest BCUT2D eigenvalue weighted by Gasteiger charge is -2.16. The molecule has 3 heteroatoms. The minimum absolute atomic E-state index is 0.167. The van der Waals surface area contributed by atoms with E-state index in [4.69, 9.17) is 23.2 Å². The fraction of sp³-hybridized carbons (Fsp3) is 0.692. The summed E-state index contributed by atoms with van der Waals surface area (Å²) in [6, 6.07) is 4.02. The van der Waals surface area contributed by atoms with Crippen LogP contribution in [-0.2, 0) is 0 Å². The van der Waals surface area contributed by atoms with Crippen LogP contribution >= 0.6 is 34.5 Å². The summed E-state index contributed by atoms with van der Waals surface area (Å²) in [4.78, 5) is 1.23. The maximum absolute atomic E-state index is 6.46. The standard InChI is InChI=1S/C13H18Cl2S/c14-11(12-7-8-13(15)16-12)9-10-5-3-1-2-4-6-10/h7-8,10-11H,1-6,9H2. The van der Waals surface area contributed by atoms with Crippen LogP contribution in [0.2, 0.25) is 4.34 Å². The van der Waals surface area contributed by atoms with E-state index in [0.717, 1.165) is 16.7 Å². The Morgan fingerprint density at radius 2 is 1.88 bits per heavy atom. The molecule has 1 unspecified atom stereocenters. The molecule has 0 nitrogen and oxygen atoms in total. The summed E-state index contributed by atoms with van der Waals surface area (Å²) in [6.07, 6.45) is 9.45. The van der Waals surface area contributed by atoms with E-state index in [1.54, 1.807) is 11.3 Å². The maximum atomic E-state index is 6.46. The van der Waals surface area contributed by atoms with Crippen molar-refractivity contribution in [2.24, 2.45) is 5.92 Å². The molecule has 0 aromatic carbocycles. The van der Waals surface area contributed by atoms with Crippen molar-refractivity contribution in [2.45, 2.75) is 50.3 Å². The van der Waals surface area contributed by atoms with Gasteiger partial charge in [-0.2, -0.15) is 0 Å². The molecule has 1 atom stereocenters. The first-order valence-electron chi connectivity index (χ1n) is 6.15. The molecule has 1 aliphatic carbocycles. The zero-order valence-corrected chi connectivity index (χ0v) is 11.8. The number of halogens is 2. The zero-order valence-electron chi connectivity index (χ0n) is 9.42. The number of hydrogen-bond donors (Lipinski definition) is 0. The summed E-state index contributed by atoms with van der Waals surface area (Å²) in [5.41, 5.74) is 0. The Morgan fingerprint density at radius 1 is 1.19 bits per heavy atom. The third-order valence-corrected chi connectivity index (χ3v) is 5.31. The van der Waals surface area contributed by atoms with Gasteiger partial charge in [0.15, 0.2) is 0 Å². The van der Waals surface area contributed by atoms with Crippen molar-refractivity contribution in [1.29, 1.82) is 0 Å². The van der Waals surface area contributed by atoms with E-state index in [1.807, 2.05) is 6.07 Å². The highest BCUT2D eigenvalue weighted by Gasteiger charge is 2.18. The van der Waals surface area contributed by atoms with Crippen LogP contribution in [0.5, 0.6) is 0 Å². The third-order valence-electron chi connectivity index (χ3n) is 3.42. The van der Waals surface area contributed by atoms with E-state index in [2.05, 4.69) is 6.07 Å². The molecular formula is C13H18Cl2S. The minimum Gasteiger partial charge on any atom is -0.127 e. The number of thiophene rings is 1. The van der Waals surface area contributed by atoms with Gasteiger partial charge in [-0.1, -0.05) is 50.1 Å². The zero-order chi connectivity index (χ0) is 11.4. The van der Waals surface area contributed by atoms with Gasteiger partial charge >= 0.3 is 0 Å². The van der Waals surface area contributed by atoms with Crippen LogP contribution in [-0.4, -0.2) is 0 Å². The van der Waals surface area contributed by atoms with Crippen LogP contribution in [0.4, 0.5) is 0 Å². The molecule has 0 saturated heterocycles. The smallest absolute Gasteiger partial charge is 0.0931 e. The van der Waals surface area contributed by atoms with Crippen LogP contribution < -0.4 is 0 Å². The van der Waals surface area contributed by atoms with Crippen LogP contribution in [0.1, 0.15) is 55.2 Å². The highest BCUT2D eigenvalue weighted by molar-refractivity contribution is 7.16. The molecule has 1 aliphatic rings. The monoisotopic (exact) mass is 276 g/mol. The van der Waals surface area contributed by atoms with E-state index in [-0.39, 0.29) is 5.38 Å². The molecule has 1 fully saturated rings. The molecule has 1 heterocycles. The Morgan fingerprint density at radius 3 is 2.44 bits per heavy atom. The summed E-state index contributed by atoms with van der Waals surface area (Å²) in [5.74, 6) is 0.825. The van der Waals surface area contributed by atoms with E-state index < -0.39 is 0 Å². The average molecular weight is 277 g/mol. The second kappa shape index (κ2) is 6.28. The molecule has 1 aromatic rings. The van der Waals surface area contributed by atoms with Gasteiger partial charge in [0.2, 0.25) is 0 Å². The molecule has 1 saturated carbocycles. The molecule has 0 spiro atoms. The maximum Gasteiger partial charge on any atom is 0.0931 e. The fourth-order valence-corrected chi connectivity index (χ4v) is 4.02. The predicted octanol–water partition coefficient (Wildman–Crippen LogP) is 6.04. The van der Waals surface area contributed by atoms with Crippen LogP contribution in [0, 0.1) is 5.92 Å². The highest BCUT2D eigenvalue weighted by atomic mass is 35.5. The van der Waals surface area contributed by atoms with E-state index in [1.165, 1.54) is 43.4 Å². The minimum atomic E-state index is 0.167. The van der Waals surface area contributed by atoms with Crippen molar-refractivity contribution < 1.29 is 0 Å². The predicted molar refractivity (Wildman–Crippen MR) is 73.7 cm³/mol. The fourth-order valence-electron chi connectivity index (χ4n) is 2.51. The second-order valence-corrected chi connectivity index (χ2v) is 6.98. The molecule has 2 rings (SSSR count). The lowest BCUT2D eigenvalue weighted by atomic mass is 9.94. The summed E-state index contributed by atoms with van der Waals surface area (Å²) in [6.45, 7) is 0. The molecule has 0 bridgehead atoms. The first-order chi connectivity index (χ1) is 7.75. The van der Waals surface area contributed by atoms with Gasteiger partial charge in [-0.15, -0.1) is 22.9 Å². The topological polar surface area (TPSA) is 0 Å². The number of rotatable bonds is 3. The van der Waals surface area contributed by atoms with Crippen molar-refractivity contribution in [3.8, 4) is 0 Å². The average Bonchev–Trinajstić information content (AvgIpc) is 2.54. The molecular weight excluding hydrogens is 259 g/mol. The number of hydrogen-bond acceptors (Lipinski definition) is 1. The summed E-state index contributed by atoms with van der Waals surface area (Å²) in [7, 11) is 0. The largest absolute Gasteiger partial charge is 0.127 e. The SMILES string of the molecule is Clc1ccc(C(Cl)CC2CCCCCC2)s1. The van der Waals surface area contributed by atoms with Crippen molar-refractivity contribution >= 4 is 34.5 Å². The molecule has 0 radical (unpaired) electrons. The lowest BCUT2D eigenvalue weighted by molar-refractivity contribution is 0.424. The summed E-state index contributed by atoms with van der Waals surface area (Å²) < 4.78 is 0.849. The molecule has 0 amide bonds. The Labute approximate surface area is 112 Å². The van der Waals surface area contributed by atoms with Crippen LogP contribution in [0.15, 0.2) is 12.1 Å². The van der Waals surface area contributed by atoms with E-state index in [0.29, 0.717) is 0 Å². The van der Waals surface area contributed by atoms with Gasteiger partial charge in [-0.05, 0) is 24.5 Å². The second-order valence-electron chi connectivity index (χ2n) is 4.70. The van der Waals surface area contributed by atoms with Crippen molar-refractivity contribution in [3.05, 3.63) is 21.3 Å². The normalized spacial score (nSPS) is 20.6. The highest BCUT2D eigenvalue weighted by Crippen LogP contribution is 2.38. The summed E-state index contributed by atoms with van der Waals surface area (Å²) >= 11 is 14.0. The third kappa shape index (κ3) is 3.65. The van der Waals surface area contributed by atoms with E-state index >= 15 is 0 Å². The van der Waals surface area contributed by atoms with Crippen LogP contribution in [0.25, 0.3) is 0 Å². The van der Waals surface area contributed by atoms with Crippen molar-refractivity contribution in [3.63, 3.8) is 0 Å². The quantitative estimate of drug-likeness (QED) is 0.466. The van der Waals surface area contributed by atoms with Gasteiger partial charge in [0.05, 0.1) is 9.71 Å². The first-order valence-corrected chi connectivity index (χ1v) is 7.78. The molecule has 0 N–H and O–H groups in total. The van der Waals surface area contributed by atoms with Gasteiger partial charge in [-0.3, -0.25) is 0 Å². The Balaban J connectivity index is 1.88. The van der Waals surface area contributed by atoms with Gasteiger partial charge in [0, 0.05) is 4.88 Å². The van der Waals surface area contributed by atoms with Gasteiger partial charge in [0.25, 0.3) is 0 Å². The summed E-state index contributed by atoms with van der Waals surface area (Å²) in [5, 5.41) is 0.167. The molecule has 90 valence electrons. The van der Waals surface area contributed by atoms with Gasteiger partial charge in [0.1, 0.15) is 0 Å². The van der Waals surface area contributed by atoms with Crippen molar-refractivity contribution in [1.82, 2.24) is 0 Å². The molecule has 1 aromatic heterocycles. The van der Waals surface area contributed by atoms with Crippen molar-refractivity contribution in [2.75, 3.05) is 0 Å². The molecule has 0 aliphatic heterocycles. The van der Waals surface area contributed by atoms with Gasteiger partial charge in [-0.25, -0.2) is 0 Å². The van der Waals surface area contributed by atoms with Gasteiger partial charge < -0.3 is 0 Å². The molecule has 16 heavy (non-hydrogen) atoms. The Bertz CT molecular complexity index is 313. The Kier molecular flexibility index (Phi) is 4.99. The first kappa shape index (κ1) is 12.7. The number of alkyl halides is 1. The lowest BCUT2D eigenvalue weighted by Crippen LogP contribution is -2.02.